The maximum Gasteiger partial charge on any atom is 0.273 e. The van der Waals surface area contributed by atoms with Crippen LogP contribution in [0.2, 0.25) is 5.02 Å². The Morgan fingerprint density at radius 1 is 1.25 bits per heavy atom. The molecule has 142 valence electrons. The van der Waals surface area contributed by atoms with Crippen LogP contribution in [-0.2, 0) is 11.9 Å². The van der Waals surface area contributed by atoms with E-state index in [9.17, 15) is 9.18 Å². The van der Waals surface area contributed by atoms with Crippen molar-refractivity contribution in [2.24, 2.45) is 12.2 Å². The molecule has 4 rings (SSSR count). The predicted octanol–water partition coefficient (Wildman–Crippen LogP) is 4.33. The molecule has 3 aromatic rings. The maximum atomic E-state index is 13.1. The SMILES string of the molecule is Cn1nc(C2=NOC(c3ccc(F)cc3)C2)cc1C(=O)Nc1cccc(Cl)c1. The van der Waals surface area contributed by atoms with Crippen LogP contribution in [0.5, 0.6) is 0 Å². The molecule has 0 spiro atoms. The predicted molar refractivity (Wildman–Crippen MR) is 104 cm³/mol. The fourth-order valence-corrected chi connectivity index (χ4v) is 3.16. The smallest absolute Gasteiger partial charge is 0.273 e. The van der Waals surface area contributed by atoms with E-state index in [0.29, 0.717) is 34.2 Å². The zero-order chi connectivity index (χ0) is 19.7. The highest BCUT2D eigenvalue weighted by Crippen LogP contribution is 2.29. The number of rotatable bonds is 4. The molecular formula is C20H16ClFN4O2. The second kappa shape index (κ2) is 7.44. The molecule has 1 atom stereocenters. The first-order valence-corrected chi connectivity index (χ1v) is 8.97. The first kappa shape index (κ1) is 18.2. The maximum absolute atomic E-state index is 13.1. The molecule has 0 saturated heterocycles. The molecule has 0 aliphatic carbocycles. The molecule has 1 amide bonds. The molecule has 2 heterocycles. The van der Waals surface area contributed by atoms with E-state index in [-0.39, 0.29) is 17.8 Å². The Balaban J connectivity index is 1.48. The number of anilines is 1. The summed E-state index contributed by atoms with van der Waals surface area (Å²) in [6.45, 7) is 0. The van der Waals surface area contributed by atoms with Gasteiger partial charge >= 0.3 is 0 Å². The molecule has 1 N–H and O–H groups in total. The third-order valence-corrected chi connectivity index (χ3v) is 4.64. The summed E-state index contributed by atoms with van der Waals surface area (Å²) in [5.74, 6) is -0.610. The van der Waals surface area contributed by atoms with Crippen molar-refractivity contribution < 1.29 is 14.0 Å². The van der Waals surface area contributed by atoms with Crippen molar-refractivity contribution >= 4 is 28.9 Å². The van der Waals surface area contributed by atoms with Crippen molar-refractivity contribution in [3.8, 4) is 0 Å². The first-order valence-electron chi connectivity index (χ1n) is 8.59. The Morgan fingerprint density at radius 2 is 2.04 bits per heavy atom. The number of hydrogen-bond donors (Lipinski definition) is 1. The van der Waals surface area contributed by atoms with E-state index < -0.39 is 0 Å². The van der Waals surface area contributed by atoms with Gasteiger partial charge in [0.2, 0.25) is 0 Å². The van der Waals surface area contributed by atoms with Crippen LogP contribution in [0.1, 0.15) is 34.3 Å². The Hall–Kier alpha value is -3.19. The summed E-state index contributed by atoms with van der Waals surface area (Å²) in [7, 11) is 1.68. The number of nitrogens with one attached hydrogen (secondary N) is 1. The van der Waals surface area contributed by atoms with E-state index in [0.717, 1.165) is 5.56 Å². The third-order valence-electron chi connectivity index (χ3n) is 4.40. The largest absolute Gasteiger partial charge is 0.387 e. The Labute approximate surface area is 165 Å². The van der Waals surface area contributed by atoms with Gasteiger partial charge in [0.05, 0.1) is 0 Å². The van der Waals surface area contributed by atoms with Gasteiger partial charge in [0.15, 0.2) is 6.10 Å². The summed E-state index contributed by atoms with van der Waals surface area (Å²) in [6, 6.07) is 14.7. The van der Waals surface area contributed by atoms with Gasteiger partial charge in [-0.05, 0) is 42.0 Å². The Morgan fingerprint density at radius 3 is 2.79 bits per heavy atom. The van der Waals surface area contributed by atoms with Crippen molar-refractivity contribution in [1.29, 1.82) is 0 Å². The van der Waals surface area contributed by atoms with Crippen molar-refractivity contribution in [2.75, 3.05) is 5.32 Å². The summed E-state index contributed by atoms with van der Waals surface area (Å²) < 4.78 is 14.6. The molecule has 6 nitrogen and oxygen atoms in total. The van der Waals surface area contributed by atoms with Crippen LogP contribution in [-0.4, -0.2) is 21.4 Å². The number of aryl methyl sites for hydroxylation is 1. The number of halogens is 2. The van der Waals surface area contributed by atoms with E-state index in [2.05, 4.69) is 15.6 Å². The van der Waals surface area contributed by atoms with Crippen molar-refractivity contribution in [3.05, 3.63) is 82.4 Å². The fourth-order valence-electron chi connectivity index (χ4n) is 2.97. The fraction of sp³-hybridized carbons (Fsp3) is 0.150. The van der Waals surface area contributed by atoms with Crippen LogP contribution in [0.25, 0.3) is 0 Å². The number of hydrogen-bond acceptors (Lipinski definition) is 4. The minimum atomic E-state index is -0.307. The van der Waals surface area contributed by atoms with Crippen LogP contribution in [0.4, 0.5) is 10.1 Å². The second-order valence-electron chi connectivity index (χ2n) is 6.39. The molecule has 1 aliphatic rings. The van der Waals surface area contributed by atoms with Crippen LogP contribution in [0.3, 0.4) is 0 Å². The van der Waals surface area contributed by atoms with E-state index in [1.54, 1.807) is 49.5 Å². The van der Waals surface area contributed by atoms with Crippen LogP contribution >= 0.6 is 11.6 Å². The lowest BCUT2D eigenvalue weighted by molar-refractivity contribution is 0.0857. The van der Waals surface area contributed by atoms with E-state index in [4.69, 9.17) is 16.4 Å². The van der Waals surface area contributed by atoms with Gasteiger partial charge in [-0.2, -0.15) is 5.10 Å². The second-order valence-corrected chi connectivity index (χ2v) is 6.83. The zero-order valence-corrected chi connectivity index (χ0v) is 15.7. The van der Waals surface area contributed by atoms with E-state index in [1.807, 2.05) is 0 Å². The quantitative estimate of drug-likeness (QED) is 0.711. The van der Waals surface area contributed by atoms with Gasteiger partial charge in [0.25, 0.3) is 5.91 Å². The average molecular weight is 399 g/mol. The molecule has 1 unspecified atom stereocenters. The minimum Gasteiger partial charge on any atom is -0.387 e. The van der Waals surface area contributed by atoms with Crippen LogP contribution in [0.15, 0.2) is 59.8 Å². The van der Waals surface area contributed by atoms with Gasteiger partial charge in [-0.3, -0.25) is 9.48 Å². The van der Waals surface area contributed by atoms with Gasteiger partial charge in [-0.15, -0.1) is 0 Å². The molecule has 8 heteroatoms. The number of oxime groups is 1. The molecule has 28 heavy (non-hydrogen) atoms. The summed E-state index contributed by atoms with van der Waals surface area (Å²) in [5.41, 5.74) is 2.99. The van der Waals surface area contributed by atoms with Crippen LogP contribution in [0, 0.1) is 5.82 Å². The van der Waals surface area contributed by atoms with Gasteiger partial charge < -0.3 is 10.2 Å². The summed E-state index contributed by atoms with van der Waals surface area (Å²) in [6.07, 6.45) is 0.180. The average Bonchev–Trinajstić information content (AvgIpc) is 3.29. The molecule has 0 radical (unpaired) electrons. The number of carbonyl (C=O) groups is 1. The lowest BCUT2D eigenvalue weighted by Gasteiger charge is -2.07. The number of benzene rings is 2. The molecule has 0 fully saturated rings. The topological polar surface area (TPSA) is 68.5 Å². The minimum absolute atomic E-state index is 0.303. The number of nitrogens with zero attached hydrogens (tertiary/aromatic N) is 3. The first-order chi connectivity index (χ1) is 13.5. The van der Waals surface area contributed by atoms with Gasteiger partial charge in [-0.1, -0.05) is 35.0 Å². The Kier molecular flexibility index (Phi) is 4.83. The monoisotopic (exact) mass is 398 g/mol. The highest BCUT2D eigenvalue weighted by atomic mass is 35.5. The lowest BCUT2D eigenvalue weighted by atomic mass is 10.0. The molecular weight excluding hydrogens is 383 g/mol. The Bertz CT molecular complexity index is 1060. The standard InChI is InChI=1S/C20H16ClFN4O2/c1-26-18(20(27)23-15-4-2-3-13(21)9-15)10-16(24-26)17-11-19(28-25-17)12-5-7-14(22)8-6-12/h2-10,19H,11H2,1H3,(H,23,27). The summed E-state index contributed by atoms with van der Waals surface area (Å²) in [4.78, 5) is 18.0. The number of aromatic nitrogens is 2. The molecule has 1 aliphatic heterocycles. The number of amides is 1. The highest BCUT2D eigenvalue weighted by Gasteiger charge is 2.27. The normalized spacial score (nSPS) is 15.8. The molecule has 2 aromatic carbocycles. The third kappa shape index (κ3) is 3.75. The van der Waals surface area contributed by atoms with Gasteiger partial charge in [0, 0.05) is 24.2 Å². The lowest BCUT2D eigenvalue weighted by Crippen LogP contribution is -2.15. The molecule has 0 bridgehead atoms. The molecule has 0 saturated carbocycles. The van der Waals surface area contributed by atoms with Crippen molar-refractivity contribution in [2.45, 2.75) is 12.5 Å². The van der Waals surface area contributed by atoms with E-state index >= 15 is 0 Å². The molecule has 1 aromatic heterocycles. The van der Waals surface area contributed by atoms with Crippen LogP contribution < -0.4 is 5.32 Å². The zero-order valence-electron chi connectivity index (χ0n) is 14.9. The highest BCUT2D eigenvalue weighted by molar-refractivity contribution is 6.31. The van der Waals surface area contributed by atoms with Gasteiger partial charge in [-0.25, -0.2) is 4.39 Å². The summed E-state index contributed by atoms with van der Waals surface area (Å²) in [5, 5.41) is 11.8. The van der Waals surface area contributed by atoms with Crippen molar-refractivity contribution in [1.82, 2.24) is 9.78 Å². The number of carbonyl (C=O) groups excluding carboxylic acids is 1. The summed E-state index contributed by atoms with van der Waals surface area (Å²) >= 11 is 5.95. The van der Waals surface area contributed by atoms with Gasteiger partial charge in [0.1, 0.15) is 22.9 Å². The van der Waals surface area contributed by atoms with Crippen molar-refractivity contribution in [3.63, 3.8) is 0 Å². The van der Waals surface area contributed by atoms with E-state index in [1.165, 1.54) is 16.8 Å².